The molecule has 0 saturated heterocycles. The molecule has 1 heterocycles. The van der Waals surface area contributed by atoms with E-state index in [1.165, 1.54) is 12.3 Å². The molecule has 1 unspecified atom stereocenters. The van der Waals surface area contributed by atoms with E-state index in [1.807, 2.05) is 0 Å². The van der Waals surface area contributed by atoms with Crippen LogP contribution in [0.5, 0.6) is 5.75 Å². The van der Waals surface area contributed by atoms with Crippen LogP contribution in [0.4, 0.5) is 0 Å². The highest BCUT2D eigenvalue weighted by Gasteiger charge is 2.28. The molecule has 0 bridgehead atoms. The highest BCUT2D eigenvalue weighted by atomic mass is 16.3. The molecule has 0 aromatic heterocycles. The summed E-state index contributed by atoms with van der Waals surface area (Å²) in [6.45, 7) is 1.68. The van der Waals surface area contributed by atoms with Crippen LogP contribution in [0.3, 0.4) is 0 Å². The number of rotatable bonds is 4. The molecule has 0 spiro atoms. The number of hydrogen-bond donors (Lipinski definition) is 3. The molecule has 1 atom stereocenters. The zero-order valence-electron chi connectivity index (χ0n) is 10.8. The van der Waals surface area contributed by atoms with Crippen molar-refractivity contribution in [3.8, 4) is 5.75 Å². The average Bonchev–Trinajstić information content (AvgIpc) is 2.73. The number of nitrogens with zero attached hydrogens (tertiary/aromatic N) is 2. The second-order valence-corrected chi connectivity index (χ2v) is 4.34. The molecule has 2 rings (SSSR count). The lowest BCUT2D eigenvalue weighted by atomic mass is 10.0. The van der Waals surface area contributed by atoms with E-state index in [1.54, 1.807) is 25.1 Å². The zero-order valence-corrected chi connectivity index (χ0v) is 10.8. The molecule has 3 N–H and O–H groups in total. The Balaban J connectivity index is 1.88. The van der Waals surface area contributed by atoms with Crippen LogP contribution in [-0.2, 0) is 9.59 Å². The number of hydrogen-bond acceptors (Lipinski definition) is 5. The maximum Gasteiger partial charge on any atom is 0.249 e. The van der Waals surface area contributed by atoms with Crippen LogP contribution < -0.4 is 10.9 Å². The van der Waals surface area contributed by atoms with Gasteiger partial charge >= 0.3 is 0 Å². The van der Waals surface area contributed by atoms with Crippen molar-refractivity contribution >= 4 is 23.7 Å². The van der Waals surface area contributed by atoms with E-state index in [0.29, 0.717) is 11.3 Å². The predicted octanol–water partition coefficient (Wildman–Crippen LogP) is 0.354. The molecule has 0 radical (unpaired) electrons. The molecule has 7 heteroatoms. The van der Waals surface area contributed by atoms with Crippen LogP contribution in [0.15, 0.2) is 34.5 Å². The predicted molar refractivity (Wildman–Crippen MR) is 73.2 cm³/mol. The molecule has 2 amide bonds. The first-order valence-corrected chi connectivity index (χ1v) is 6.02. The first-order valence-electron chi connectivity index (χ1n) is 6.02. The third-order valence-corrected chi connectivity index (χ3v) is 2.88. The number of aromatic hydroxyl groups is 1. The maximum absolute atomic E-state index is 11.6. The fourth-order valence-corrected chi connectivity index (χ4v) is 1.73. The molecule has 1 aromatic rings. The van der Waals surface area contributed by atoms with Crippen LogP contribution in [-0.4, -0.2) is 28.8 Å². The first kappa shape index (κ1) is 13.7. The van der Waals surface area contributed by atoms with Gasteiger partial charge in [-0.1, -0.05) is 12.1 Å². The standard InChI is InChI=1S/C13H14N4O3/c1-8-10(13(20)17-15-8)6-12(19)16-14-7-9-4-2-3-5-11(9)18/h2-5,7,10,18H,6H2,1H3,(H,16,19)(H,17,20). The van der Waals surface area contributed by atoms with Gasteiger partial charge in [-0.05, 0) is 19.1 Å². The van der Waals surface area contributed by atoms with Crippen molar-refractivity contribution in [3.05, 3.63) is 29.8 Å². The fourth-order valence-electron chi connectivity index (χ4n) is 1.73. The lowest BCUT2D eigenvalue weighted by Crippen LogP contribution is -2.29. The summed E-state index contributed by atoms with van der Waals surface area (Å²) in [4.78, 5) is 23.0. The molecule has 0 saturated carbocycles. The Morgan fingerprint density at radius 1 is 1.55 bits per heavy atom. The molecule has 1 aliphatic rings. The van der Waals surface area contributed by atoms with E-state index in [9.17, 15) is 14.7 Å². The Kier molecular flexibility index (Phi) is 4.09. The number of phenols is 1. The summed E-state index contributed by atoms with van der Waals surface area (Å²) in [6.07, 6.45) is 1.32. The van der Waals surface area contributed by atoms with Gasteiger partial charge in [0.1, 0.15) is 5.75 Å². The van der Waals surface area contributed by atoms with Crippen LogP contribution in [0.25, 0.3) is 0 Å². The minimum atomic E-state index is -0.546. The van der Waals surface area contributed by atoms with Gasteiger partial charge in [0.2, 0.25) is 11.8 Å². The second kappa shape index (κ2) is 5.96. The second-order valence-electron chi connectivity index (χ2n) is 4.34. The molecule has 7 nitrogen and oxygen atoms in total. The van der Waals surface area contributed by atoms with Crippen molar-refractivity contribution in [2.45, 2.75) is 13.3 Å². The van der Waals surface area contributed by atoms with Gasteiger partial charge in [0.15, 0.2) is 0 Å². The van der Waals surface area contributed by atoms with E-state index in [4.69, 9.17) is 0 Å². The number of amides is 2. The normalized spacial score (nSPS) is 17.9. The zero-order chi connectivity index (χ0) is 14.5. The number of hydrazone groups is 2. The van der Waals surface area contributed by atoms with E-state index in [0.717, 1.165) is 0 Å². The van der Waals surface area contributed by atoms with Crippen molar-refractivity contribution in [1.29, 1.82) is 0 Å². The van der Waals surface area contributed by atoms with Gasteiger partial charge in [-0.15, -0.1) is 0 Å². The number of para-hydroxylation sites is 1. The molecular weight excluding hydrogens is 260 g/mol. The van der Waals surface area contributed by atoms with Crippen molar-refractivity contribution in [1.82, 2.24) is 10.9 Å². The van der Waals surface area contributed by atoms with Gasteiger partial charge < -0.3 is 5.11 Å². The Labute approximate surface area is 115 Å². The van der Waals surface area contributed by atoms with Gasteiger partial charge in [0, 0.05) is 17.7 Å². The van der Waals surface area contributed by atoms with Crippen LogP contribution in [0.1, 0.15) is 18.9 Å². The lowest BCUT2D eigenvalue weighted by Gasteiger charge is -2.05. The molecule has 20 heavy (non-hydrogen) atoms. The third-order valence-electron chi connectivity index (χ3n) is 2.88. The summed E-state index contributed by atoms with van der Waals surface area (Å²) >= 11 is 0. The highest BCUT2D eigenvalue weighted by molar-refractivity contribution is 6.09. The van der Waals surface area contributed by atoms with Gasteiger partial charge in [0.25, 0.3) is 0 Å². The van der Waals surface area contributed by atoms with E-state index >= 15 is 0 Å². The van der Waals surface area contributed by atoms with Crippen molar-refractivity contribution in [3.63, 3.8) is 0 Å². The summed E-state index contributed by atoms with van der Waals surface area (Å²) in [5, 5.41) is 17.0. The summed E-state index contributed by atoms with van der Waals surface area (Å²) in [5.74, 6) is -1.16. The molecule has 104 valence electrons. The highest BCUT2D eigenvalue weighted by Crippen LogP contribution is 2.13. The SMILES string of the molecule is CC1=NNC(=O)C1CC(=O)NN=Cc1ccccc1O. The van der Waals surface area contributed by atoms with Crippen LogP contribution >= 0.6 is 0 Å². The average molecular weight is 274 g/mol. The van der Waals surface area contributed by atoms with Crippen LogP contribution in [0, 0.1) is 5.92 Å². The molecular formula is C13H14N4O3. The minimum absolute atomic E-state index is 0.0146. The Bertz CT molecular complexity index is 595. The van der Waals surface area contributed by atoms with E-state index in [-0.39, 0.29) is 18.1 Å². The molecule has 1 aromatic carbocycles. The topological polar surface area (TPSA) is 103 Å². The monoisotopic (exact) mass is 274 g/mol. The summed E-state index contributed by atoms with van der Waals surface area (Å²) in [7, 11) is 0. The van der Waals surface area contributed by atoms with E-state index in [2.05, 4.69) is 21.1 Å². The van der Waals surface area contributed by atoms with E-state index < -0.39 is 11.8 Å². The minimum Gasteiger partial charge on any atom is -0.507 e. The molecule has 0 fully saturated rings. The number of benzene rings is 1. The smallest absolute Gasteiger partial charge is 0.249 e. The first-order chi connectivity index (χ1) is 9.58. The number of phenolic OH excluding ortho intramolecular Hbond substituents is 1. The van der Waals surface area contributed by atoms with Crippen molar-refractivity contribution in [2.75, 3.05) is 0 Å². The van der Waals surface area contributed by atoms with Crippen molar-refractivity contribution < 1.29 is 14.7 Å². The van der Waals surface area contributed by atoms with Crippen molar-refractivity contribution in [2.24, 2.45) is 16.1 Å². The number of nitrogens with one attached hydrogen (secondary N) is 2. The summed E-state index contributed by atoms with van der Waals surface area (Å²) in [5.41, 5.74) is 5.69. The van der Waals surface area contributed by atoms with Gasteiger partial charge in [-0.3, -0.25) is 9.59 Å². The Morgan fingerprint density at radius 3 is 2.95 bits per heavy atom. The number of carbonyl (C=O) groups is 2. The van der Waals surface area contributed by atoms with Gasteiger partial charge in [0.05, 0.1) is 12.1 Å². The summed E-state index contributed by atoms with van der Waals surface area (Å²) < 4.78 is 0. The van der Waals surface area contributed by atoms with Gasteiger partial charge in [-0.2, -0.15) is 10.2 Å². The Morgan fingerprint density at radius 2 is 2.30 bits per heavy atom. The fraction of sp³-hybridized carbons (Fsp3) is 0.231. The third kappa shape index (κ3) is 3.19. The Hall–Kier alpha value is -2.70. The van der Waals surface area contributed by atoms with Crippen LogP contribution in [0.2, 0.25) is 0 Å². The summed E-state index contributed by atoms with van der Waals surface area (Å²) in [6, 6.07) is 6.61. The maximum atomic E-state index is 11.6. The van der Waals surface area contributed by atoms with Gasteiger partial charge in [-0.25, -0.2) is 10.9 Å². The quantitative estimate of drug-likeness (QED) is 0.545. The number of carbonyl (C=O) groups excluding carboxylic acids is 2. The largest absolute Gasteiger partial charge is 0.507 e. The lowest BCUT2D eigenvalue weighted by molar-refractivity contribution is -0.127. The molecule has 1 aliphatic heterocycles. The molecule has 0 aliphatic carbocycles.